The van der Waals surface area contributed by atoms with Gasteiger partial charge in [-0.3, -0.25) is 0 Å². The Labute approximate surface area is 113 Å². The lowest BCUT2D eigenvalue weighted by Gasteiger charge is -2.26. The van der Waals surface area contributed by atoms with E-state index < -0.39 is 9.28 Å². The molecule has 0 saturated heterocycles. The molecule has 0 amide bonds. The predicted octanol–water partition coefficient (Wildman–Crippen LogP) is 3.92. The Balaban J connectivity index is 2.54. The summed E-state index contributed by atoms with van der Waals surface area (Å²) in [6.45, 7) is 10.2. The van der Waals surface area contributed by atoms with Crippen molar-refractivity contribution in [3.8, 4) is 0 Å². The molecule has 3 heteroatoms. The lowest BCUT2D eigenvalue weighted by atomic mass is 9.82. The van der Waals surface area contributed by atoms with E-state index in [1.165, 1.54) is 5.56 Å². The van der Waals surface area contributed by atoms with Crippen LogP contribution in [0.3, 0.4) is 0 Å². The molecule has 0 saturated carbocycles. The molecule has 1 aromatic rings. The molecule has 0 unspecified atom stereocenters. The fraction of sp³-hybridized carbons (Fsp3) is 0.600. The highest BCUT2D eigenvalue weighted by molar-refractivity contribution is 6.44. The Morgan fingerprint density at radius 1 is 1.00 bits per heavy atom. The predicted molar refractivity (Wildman–Crippen MR) is 77.9 cm³/mol. The van der Waals surface area contributed by atoms with Gasteiger partial charge in [0.15, 0.2) is 0 Å². The molecule has 0 N–H and O–H groups in total. The number of benzene rings is 1. The summed E-state index contributed by atoms with van der Waals surface area (Å²) in [5, 5.41) is 0. The molecule has 101 valence electrons. The van der Waals surface area contributed by atoms with Crippen molar-refractivity contribution in [1.29, 1.82) is 0 Å². The van der Waals surface area contributed by atoms with E-state index in [4.69, 9.17) is 8.85 Å². The molecule has 0 aromatic heterocycles. The van der Waals surface area contributed by atoms with Crippen molar-refractivity contribution < 1.29 is 8.85 Å². The van der Waals surface area contributed by atoms with Crippen LogP contribution in [0.5, 0.6) is 0 Å². The van der Waals surface area contributed by atoms with Crippen LogP contribution in [0.15, 0.2) is 30.3 Å². The lowest BCUT2D eigenvalue weighted by molar-refractivity contribution is 0.210. The maximum atomic E-state index is 5.69. The molecule has 0 aliphatic rings. The van der Waals surface area contributed by atoms with Crippen molar-refractivity contribution in [2.24, 2.45) is 0 Å². The minimum atomic E-state index is -1.09. The summed E-state index contributed by atoms with van der Waals surface area (Å²) in [4.78, 5) is 0. The second-order valence-corrected chi connectivity index (χ2v) is 6.81. The van der Waals surface area contributed by atoms with Gasteiger partial charge in [0.05, 0.1) is 0 Å². The van der Waals surface area contributed by atoms with E-state index in [-0.39, 0.29) is 5.41 Å². The van der Waals surface area contributed by atoms with E-state index in [1.807, 2.05) is 13.8 Å². The third kappa shape index (κ3) is 4.92. The first kappa shape index (κ1) is 15.4. The van der Waals surface area contributed by atoms with Gasteiger partial charge in [-0.2, -0.15) is 0 Å². The van der Waals surface area contributed by atoms with Gasteiger partial charge in [-0.25, -0.2) is 0 Å². The molecular formula is C15H25O2Si. The van der Waals surface area contributed by atoms with Crippen LogP contribution in [-0.4, -0.2) is 22.5 Å². The van der Waals surface area contributed by atoms with Crippen molar-refractivity contribution in [2.45, 2.75) is 45.6 Å². The molecule has 0 spiro atoms. The second kappa shape index (κ2) is 7.72. The molecule has 0 aliphatic heterocycles. The van der Waals surface area contributed by atoms with E-state index in [0.717, 1.165) is 25.7 Å². The van der Waals surface area contributed by atoms with Gasteiger partial charge in [-0.05, 0) is 37.3 Å². The van der Waals surface area contributed by atoms with Crippen LogP contribution in [-0.2, 0) is 14.3 Å². The average Bonchev–Trinajstić information content (AvgIpc) is 2.38. The second-order valence-electron chi connectivity index (χ2n) is 4.99. The van der Waals surface area contributed by atoms with Gasteiger partial charge in [-0.1, -0.05) is 44.2 Å². The van der Waals surface area contributed by atoms with E-state index >= 15 is 0 Å². The van der Waals surface area contributed by atoms with E-state index in [2.05, 4.69) is 44.2 Å². The Kier molecular flexibility index (Phi) is 6.61. The van der Waals surface area contributed by atoms with E-state index in [0.29, 0.717) is 0 Å². The van der Waals surface area contributed by atoms with Crippen molar-refractivity contribution in [2.75, 3.05) is 13.2 Å². The van der Waals surface area contributed by atoms with Crippen molar-refractivity contribution in [1.82, 2.24) is 0 Å². The summed E-state index contributed by atoms with van der Waals surface area (Å²) in [6, 6.07) is 11.7. The van der Waals surface area contributed by atoms with Gasteiger partial charge >= 0.3 is 9.28 Å². The quantitative estimate of drug-likeness (QED) is 0.663. The Hall–Kier alpha value is -0.643. The average molecular weight is 265 g/mol. The molecule has 0 bridgehead atoms. The van der Waals surface area contributed by atoms with Gasteiger partial charge in [0.25, 0.3) is 0 Å². The standard InChI is InChI=1S/C15H25O2Si/c1-5-16-18(17-6-2)13-12-15(3,4)14-10-8-7-9-11-14/h7-11H,5-6,12-13H2,1-4H3. The van der Waals surface area contributed by atoms with Gasteiger partial charge in [0.2, 0.25) is 0 Å². The van der Waals surface area contributed by atoms with Crippen LogP contribution in [0.25, 0.3) is 0 Å². The maximum Gasteiger partial charge on any atom is 0.384 e. The zero-order valence-corrected chi connectivity index (χ0v) is 13.0. The monoisotopic (exact) mass is 265 g/mol. The summed E-state index contributed by atoms with van der Waals surface area (Å²) in [7, 11) is -1.09. The molecule has 2 nitrogen and oxygen atoms in total. The van der Waals surface area contributed by atoms with Crippen molar-refractivity contribution >= 4 is 9.28 Å². The largest absolute Gasteiger partial charge is 0.394 e. The fourth-order valence-corrected chi connectivity index (χ4v) is 3.80. The summed E-state index contributed by atoms with van der Waals surface area (Å²) in [5.74, 6) is 0. The zero-order chi connectivity index (χ0) is 13.4. The Morgan fingerprint density at radius 3 is 2.06 bits per heavy atom. The highest BCUT2D eigenvalue weighted by Gasteiger charge is 2.24. The van der Waals surface area contributed by atoms with Crippen LogP contribution in [0.4, 0.5) is 0 Å². The molecule has 0 aliphatic carbocycles. The van der Waals surface area contributed by atoms with Crippen LogP contribution in [0.2, 0.25) is 6.04 Å². The minimum Gasteiger partial charge on any atom is -0.394 e. The lowest BCUT2D eigenvalue weighted by Crippen LogP contribution is -2.27. The summed E-state index contributed by atoms with van der Waals surface area (Å²) in [6.07, 6.45) is 1.10. The third-order valence-electron chi connectivity index (χ3n) is 3.12. The summed E-state index contributed by atoms with van der Waals surface area (Å²) in [5.41, 5.74) is 1.57. The molecular weight excluding hydrogens is 240 g/mol. The van der Waals surface area contributed by atoms with Crippen LogP contribution < -0.4 is 0 Å². The first-order valence-corrected chi connectivity index (χ1v) is 8.29. The highest BCUT2D eigenvalue weighted by atomic mass is 28.3. The van der Waals surface area contributed by atoms with Crippen LogP contribution in [0, 0.1) is 0 Å². The molecule has 1 radical (unpaired) electrons. The molecule has 1 rings (SSSR count). The molecule has 18 heavy (non-hydrogen) atoms. The Bertz CT molecular complexity index is 319. The van der Waals surface area contributed by atoms with Gasteiger partial charge in [0.1, 0.15) is 0 Å². The fourth-order valence-electron chi connectivity index (χ4n) is 1.96. The molecule has 0 heterocycles. The minimum absolute atomic E-state index is 0.186. The van der Waals surface area contributed by atoms with Crippen molar-refractivity contribution in [3.63, 3.8) is 0 Å². The first-order valence-electron chi connectivity index (χ1n) is 6.77. The SMILES string of the molecule is CCO[Si](CCC(C)(C)c1ccccc1)OCC. The smallest absolute Gasteiger partial charge is 0.384 e. The zero-order valence-electron chi connectivity index (χ0n) is 12.0. The van der Waals surface area contributed by atoms with Gasteiger partial charge in [-0.15, -0.1) is 0 Å². The molecule has 1 aromatic carbocycles. The van der Waals surface area contributed by atoms with Crippen LogP contribution in [0.1, 0.15) is 39.7 Å². The number of hydrogen-bond donors (Lipinski definition) is 0. The van der Waals surface area contributed by atoms with E-state index in [1.54, 1.807) is 0 Å². The van der Waals surface area contributed by atoms with Crippen molar-refractivity contribution in [3.05, 3.63) is 35.9 Å². The number of rotatable bonds is 8. The van der Waals surface area contributed by atoms with Crippen LogP contribution >= 0.6 is 0 Å². The maximum absolute atomic E-state index is 5.69. The first-order chi connectivity index (χ1) is 8.60. The highest BCUT2D eigenvalue weighted by Crippen LogP contribution is 2.29. The third-order valence-corrected chi connectivity index (χ3v) is 5.00. The summed E-state index contributed by atoms with van der Waals surface area (Å²) >= 11 is 0. The van der Waals surface area contributed by atoms with Gasteiger partial charge < -0.3 is 8.85 Å². The van der Waals surface area contributed by atoms with E-state index in [9.17, 15) is 0 Å². The summed E-state index contributed by atoms with van der Waals surface area (Å²) < 4.78 is 11.4. The number of hydrogen-bond acceptors (Lipinski definition) is 2. The molecule has 0 fully saturated rings. The Morgan fingerprint density at radius 2 is 1.56 bits per heavy atom. The molecule has 0 atom stereocenters. The van der Waals surface area contributed by atoms with Gasteiger partial charge in [0, 0.05) is 13.2 Å². The normalized spacial score (nSPS) is 12.1. The topological polar surface area (TPSA) is 18.5 Å².